The average Bonchev–Trinajstić information content (AvgIpc) is 3.01. The van der Waals surface area contributed by atoms with Crippen molar-refractivity contribution in [2.24, 2.45) is 17.6 Å². The van der Waals surface area contributed by atoms with Gasteiger partial charge in [-0.15, -0.1) is 0 Å². The monoisotopic (exact) mass is 273 g/mol. The molecule has 2 N–H and O–H groups in total. The van der Waals surface area contributed by atoms with Crippen LogP contribution in [0.15, 0.2) is 0 Å². The van der Waals surface area contributed by atoms with Gasteiger partial charge in [-0.05, 0) is 25.7 Å². The smallest absolute Gasteiger partial charge is 0.308 e. The number of amides is 1. The lowest BCUT2D eigenvalue weighted by Crippen LogP contribution is -2.19. The highest BCUT2D eigenvalue weighted by molar-refractivity contribution is 5.76. The lowest BCUT2D eigenvalue weighted by atomic mass is 10.1. The van der Waals surface area contributed by atoms with Gasteiger partial charge < -0.3 is 10.5 Å². The third-order valence-electron chi connectivity index (χ3n) is 3.65. The van der Waals surface area contributed by atoms with Crippen molar-refractivity contribution in [1.82, 2.24) is 0 Å². The van der Waals surface area contributed by atoms with Crippen molar-refractivity contribution in [3.05, 3.63) is 0 Å². The summed E-state index contributed by atoms with van der Waals surface area (Å²) in [6, 6.07) is 0. The molecule has 0 radical (unpaired) electrons. The number of carbonyl (C=O) groups excluding carboxylic acids is 2. The van der Waals surface area contributed by atoms with E-state index in [4.69, 9.17) is 5.73 Å². The fourth-order valence-electron chi connectivity index (χ4n) is 2.54. The summed E-state index contributed by atoms with van der Waals surface area (Å²) < 4.78 is 4.60. The molecule has 2 saturated carbocycles. The maximum atomic E-state index is 10.8. The van der Waals surface area contributed by atoms with Crippen molar-refractivity contribution in [1.29, 1.82) is 0 Å². The molecule has 0 aliphatic heterocycles. The van der Waals surface area contributed by atoms with Crippen LogP contribution in [-0.4, -0.2) is 19.0 Å². The molecule has 0 heterocycles. The minimum Gasteiger partial charge on any atom is -0.469 e. The second-order valence-corrected chi connectivity index (χ2v) is 4.89. The van der Waals surface area contributed by atoms with Crippen LogP contribution in [0.25, 0.3) is 0 Å². The molecule has 1 amide bonds. The lowest BCUT2D eigenvalue weighted by molar-refractivity contribution is -0.145. The molecule has 19 heavy (non-hydrogen) atoms. The number of ether oxygens (including phenoxy) is 1. The first-order valence-corrected chi connectivity index (χ1v) is 6.52. The molecular formula is C15H31NO3. The van der Waals surface area contributed by atoms with E-state index in [0.29, 0.717) is 0 Å². The molecule has 0 aromatic heterocycles. The van der Waals surface area contributed by atoms with Crippen LogP contribution in [0.5, 0.6) is 0 Å². The third kappa shape index (κ3) is 7.19. The number of hydrogen-bond acceptors (Lipinski definition) is 3. The quantitative estimate of drug-likeness (QED) is 0.785. The predicted octanol–water partition coefficient (Wildman–Crippen LogP) is 3.28. The van der Waals surface area contributed by atoms with Crippen molar-refractivity contribution >= 4 is 11.9 Å². The van der Waals surface area contributed by atoms with E-state index in [2.05, 4.69) is 4.74 Å². The summed E-state index contributed by atoms with van der Waals surface area (Å²) >= 11 is 0. The highest BCUT2D eigenvalue weighted by Crippen LogP contribution is 2.25. The second kappa shape index (κ2) is 10.8. The minimum absolute atomic E-state index is 0. The highest BCUT2D eigenvalue weighted by Gasteiger charge is 2.22. The molecule has 2 rings (SSSR count). The zero-order chi connectivity index (χ0) is 12.7. The molecule has 0 bridgehead atoms. The van der Waals surface area contributed by atoms with E-state index < -0.39 is 0 Å². The molecule has 0 aromatic carbocycles. The Labute approximate surface area is 118 Å². The van der Waals surface area contributed by atoms with Gasteiger partial charge in [0.25, 0.3) is 0 Å². The Hall–Kier alpha value is -1.06. The Morgan fingerprint density at radius 2 is 1.26 bits per heavy atom. The first kappa shape index (κ1) is 20.3. The molecule has 2 aliphatic rings. The SMILES string of the molecule is C.C.COC(=O)C1CCCC1.NC(=O)C1CCCC1. The number of carbonyl (C=O) groups is 2. The highest BCUT2D eigenvalue weighted by atomic mass is 16.5. The van der Waals surface area contributed by atoms with Crippen molar-refractivity contribution in [3.8, 4) is 0 Å². The van der Waals surface area contributed by atoms with Crippen LogP contribution in [0.1, 0.15) is 66.2 Å². The molecule has 114 valence electrons. The van der Waals surface area contributed by atoms with Crippen LogP contribution < -0.4 is 5.73 Å². The van der Waals surface area contributed by atoms with Gasteiger partial charge >= 0.3 is 5.97 Å². The molecule has 4 heteroatoms. The first-order valence-electron chi connectivity index (χ1n) is 6.52. The van der Waals surface area contributed by atoms with Crippen molar-refractivity contribution in [3.63, 3.8) is 0 Å². The number of esters is 1. The largest absolute Gasteiger partial charge is 0.469 e. The maximum Gasteiger partial charge on any atom is 0.308 e. The van der Waals surface area contributed by atoms with E-state index in [-0.39, 0.29) is 38.6 Å². The summed E-state index contributed by atoms with van der Waals surface area (Å²) in [4.78, 5) is 21.2. The summed E-state index contributed by atoms with van der Waals surface area (Å²) in [5.74, 6) is 0.292. The summed E-state index contributed by atoms with van der Waals surface area (Å²) in [5, 5.41) is 0. The van der Waals surface area contributed by atoms with Crippen LogP contribution in [0.4, 0.5) is 0 Å². The van der Waals surface area contributed by atoms with Gasteiger partial charge in [0.2, 0.25) is 5.91 Å². The van der Waals surface area contributed by atoms with Gasteiger partial charge in [0.15, 0.2) is 0 Å². The van der Waals surface area contributed by atoms with Gasteiger partial charge in [-0.3, -0.25) is 9.59 Å². The molecule has 0 saturated heterocycles. The first-order chi connectivity index (χ1) is 8.15. The van der Waals surface area contributed by atoms with Crippen LogP contribution in [0.3, 0.4) is 0 Å². The number of hydrogen-bond donors (Lipinski definition) is 1. The van der Waals surface area contributed by atoms with Crippen LogP contribution in [0, 0.1) is 11.8 Å². The van der Waals surface area contributed by atoms with Gasteiger partial charge in [0.05, 0.1) is 13.0 Å². The normalized spacial score (nSPS) is 18.6. The van der Waals surface area contributed by atoms with E-state index >= 15 is 0 Å². The maximum absolute atomic E-state index is 10.8. The van der Waals surface area contributed by atoms with Gasteiger partial charge in [-0.1, -0.05) is 40.5 Å². The van der Waals surface area contributed by atoms with E-state index in [1.165, 1.54) is 32.8 Å². The van der Waals surface area contributed by atoms with E-state index in [9.17, 15) is 9.59 Å². The molecule has 4 nitrogen and oxygen atoms in total. The molecule has 2 fully saturated rings. The Bertz CT molecular complexity index is 254. The Balaban J connectivity index is 0. The molecule has 2 aliphatic carbocycles. The topological polar surface area (TPSA) is 69.4 Å². The minimum atomic E-state index is -0.109. The summed E-state index contributed by atoms with van der Waals surface area (Å²) in [5.41, 5.74) is 5.06. The van der Waals surface area contributed by atoms with Crippen LogP contribution in [-0.2, 0) is 14.3 Å². The Morgan fingerprint density at radius 1 is 0.895 bits per heavy atom. The average molecular weight is 273 g/mol. The van der Waals surface area contributed by atoms with E-state index in [0.717, 1.165) is 25.7 Å². The third-order valence-corrected chi connectivity index (χ3v) is 3.65. The van der Waals surface area contributed by atoms with Crippen molar-refractivity contribution in [2.75, 3.05) is 7.11 Å². The van der Waals surface area contributed by atoms with Gasteiger partial charge in [-0.25, -0.2) is 0 Å². The zero-order valence-corrected chi connectivity index (χ0v) is 10.6. The van der Waals surface area contributed by atoms with Crippen LogP contribution >= 0.6 is 0 Å². The lowest BCUT2D eigenvalue weighted by Gasteiger charge is -2.03. The molecule has 0 unspecified atom stereocenters. The molecule has 0 spiro atoms. The van der Waals surface area contributed by atoms with Crippen molar-refractivity contribution in [2.45, 2.75) is 66.2 Å². The number of primary amides is 1. The zero-order valence-electron chi connectivity index (χ0n) is 10.6. The summed E-state index contributed by atoms with van der Waals surface area (Å²) in [6.07, 6.45) is 8.88. The van der Waals surface area contributed by atoms with E-state index in [1.54, 1.807) is 0 Å². The second-order valence-electron chi connectivity index (χ2n) is 4.89. The predicted molar refractivity (Wildman–Crippen MR) is 78.6 cm³/mol. The van der Waals surface area contributed by atoms with Crippen molar-refractivity contribution < 1.29 is 14.3 Å². The molecule has 0 aromatic rings. The number of rotatable bonds is 2. The molecular weight excluding hydrogens is 242 g/mol. The Morgan fingerprint density at radius 3 is 1.53 bits per heavy atom. The van der Waals surface area contributed by atoms with Gasteiger partial charge in [0, 0.05) is 5.92 Å². The fourth-order valence-corrected chi connectivity index (χ4v) is 2.54. The summed E-state index contributed by atoms with van der Waals surface area (Å²) in [6.45, 7) is 0. The van der Waals surface area contributed by atoms with Gasteiger partial charge in [0.1, 0.15) is 0 Å². The van der Waals surface area contributed by atoms with Gasteiger partial charge in [-0.2, -0.15) is 0 Å². The Kier molecular flexibility index (Phi) is 11.5. The summed E-state index contributed by atoms with van der Waals surface area (Å²) in [7, 11) is 1.46. The molecule has 0 atom stereocenters. The standard InChI is InChI=1S/C7H12O2.C6H11NO.2CH4/c1-9-7(8)6-4-2-3-5-6;7-6(8)5-3-1-2-4-5;;/h6H,2-5H2,1H3;5H,1-4H2,(H2,7,8);2*1H4. The number of methoxy groups -OCH3 is 1. The van der Waals surface area contributed by atoms with E-state index in [1.807, 2.05) is 0 Å². The number of nitrogens with two attached hydrogens (primary N) is 1. The van der Waals surface area contributed by atoms with Crippen LogP contribution in [0.2, 0.25) is 0 Å². The fraction of sp³-hybridized carbons (Fsp3) is 0.867.